The molecule has 0 heterocycles. The summed E-state index contributed by atoms with van der Waals surface area (Å²) in [6.45, 7) is 9.67. The van der Waals surface area contributed by atoms with Gasteiger partial charge in [-0.3, -0.25) is 0 Å². The summed E-state index contributed by atoms with van der Waals surface area (Å²) < 4.78 is 0. The molecule has 0 heteroatoms. The number of hydrogen-bond donors (Lipinski definition) is 0. The zero-order valence-electron chi connectivity index (χ0n) is 19.3. The summed E-state index contributed by atoms with van der Waals surface area (Å²) >= 11 is 0. The monoisotopic (exact) mass is 382 g/mol. The maximum Gasteiger partial charge on any atom is -0.0162 e. The fourth-order valence-corrected chi connectivity index (χ4v) is 6.38. The Kier molecular flexibility index (Phi) is 8.49. The molecule has 2 saturated carbocycles. The molecule has 2 unspecified atom stereocenters. The Labute approximate surface area is 175 Å². The third-order valence-corrected chi connectivity index (χ3v) is 8.78. The van der Waals surface area contributed by atoms with E-state index in [1.54, 1.807) is 5.56 Å². The van der Waals surface area contributed by atoms with Crippen LogP contribution in [0.3, 0.4) is 0 Å². The van der Waals surface area contributed by atoms with E-state index < -0.39 is 0 Å². The summed E-state index contributed by atoms with van der Waals surface area (Å²) in [6.07, 6.45) is 17.5. The van der Waals surface area contributed by atoms with Crippen molar-refractivity contribution in [3.05, 3.63) is 35.4 Å². The number of aryl methyl sites for hydroxylation is 1. The van der Waals surface area contributed by atoms with E-state index in [0.717, 1.165) is 41.9 Å². The predicted octanol–water partition coefficient (Wildman–Crippen LogP) is 8.79. The van der Waals surface area contributed by atoms with Crippen LogP contribution in [0.1, 0.15) is 115 Å². The standard InChI is InChI=1S/C28H46/c1-5-7-8-24-11-15-26(16-12-24)22(4)28-19-17-27(18-20-28)21(3)25-13-9-23(6-2)10-14-25/h9-10,13-14,21-22,24,26-28H,5-8,11-12,15-20H2,1-4H3. The van der Waals surface area contributed by atoms with Crippen LogP contribution in [0.4, 0.5) is 0 Å². The molecule has 2 aliphatic rings. The maximum absolute atomic E-state index is 2.61. The molecule has 0 amide bonds. The molecule has 0 bridgehead atoms. The molecular formula is C28H46. The van der Waals surface area contributed by atoms with Gasteiger partial charge in [-0.2, -0.15) is 0 Å². The van der Waals surface area contributed by atoms with Gasteiger partial charge in [0.15, 0.2) is 0 Å². The van der Waals surface area contributed by atoms with Crippen LogP contribution in [0.15, 0.2) is 24.3 Å². The highest BCUT2D eigenvalue weighted by molar-refractivity contribution is 5.25. The largest absolute Gasteiger partial charge is 0.0654 e. The Bertz CT molecular complexity index is 540. The quantitative estimate of drug-likeness (QED) is 0.421. The molecule has 0 saturated heterocycles. The average Bonchev–Trinajstić information content (AvgIpc) is 2.77. The Morgan fingerprint density at radius 3 is 1.82 bits per heavy atom. The first-order valence-electron chi connectivity index (χ1n) is 12.7. The molecule has 1 aromatic rings. The van der Waals surface area contributed by atoms with E-state index in [9.17, 15) is 0 Å². The zero-order chi connectivity index (χ0) is 19.9. The van der Waals surface area contributed by atoms with Gasteiger partial charge >= 0.3 is 0 Å². The lowest BCUT2D eigenvalue weighted by atomic mass is 9.65. The summed E-state index contributed by atoms with van der Waals surface area (Å²) in [5, 5.41) is 0. The lowest BCUT2D eigenvalue weighted by Gasteiger charge is -2.40. The molecule has 2 fully saturated rings. The van der Waals surface area contributed by atoms with E-state index in [1.165, 1.54) is 76.2 Å². The van der Waals surface area contributed by atoms with Crippen molar-refractivity contribution in [1.29, 1.82) is 0 Å². The summed E-state index contributed by atoms with van der Waals surface area (Å²) in [7, 11) is 0. The number of benzene rings is 1. The summed E-state index contributed by atoms with van der Waals surface area (Å²) in [5.41, 5.74) is 3.04. The van der Waals surface area contributed by atoms with Crippen molar-refractivity contribution in [3.63, 3.8) is 0 Å². The van der Waals surface area contributed by atoms with Crippen molar-refractivity contribution in [2.45, 2.75) is 111 Å². The average molecular weight is 383 g/mol. The first-order chi connectivity index (χ1) is 13.6. The van der Waals surface area contributed by atoms with Gasteiger partial charge in [0.05, 0.1) is 0 Å². The Morgan fingerprint density at radius 2 is 1.29 bits per heavy atom. The topological polar surface area (TPSA) is 0 Å². The van der Waals surface area contributed by atoms with Crippen molar-refractivity contribution >= 4 is 0 Å². The molecule has 0 N–H and O–H groups in total. The molecule has 2 aliphatic carbocycles. The van der Waals surface area contributed by atoms with Crippen LogP contribution in [-0.4, -0.2) is 0 Å². The van der Waals surface area contributed by atoms with E-state index in [2.05, 4.69) is 52.0 Å². The molecule has 28 heavy (non-hydrogen) atoms. The molecular weight excluding hydrogens is 336 g/mol. The first-order valence-corrected chi connectivity index (χ1v) is 12.7. The van der Waals surface area contributed by atoms with Crippen LogP contribution >= 0.6 is 0 Å². The van der Waals surface area contributed by atoms with Crippen molar-refractivity contribution < 1.29 is 0 Å². The highest BCUT2D eigenvalue weighted by Gasteiger charge is 2.33. The van der Waals surface area contributed by atoms with Crippen LogP contribution in [0, 0.1) is 29.6 Å². The van der Waals surface area contributed by atoms with E-state index >= 15 is 0 Å². The SMILES string of the molecule is CCCCC1CCC(C(C)C2CCC(C(C)c3ccc(CC)cc3)CC2)CC1. The van der Waals surface area contributed by atoms with Crippen LogP contribution in [0.5, 0.6) is 0 Å². The third kappa shape index (κ3) is 5.64. The molecule has 0 nitrogen and oxygen atoms in total. The molecule has 158 valence electrons. The van der Waals surface area contributed by atoms with Crippen LogP contribution in [0.25, 0.3) is 0 Å². The van der Waals surface area contributed by atoms with Crippen molar-refractivity contribution in [2.24, 2.45) is 29.6 Å². The fourth-order valence-electron chi connectivity index (χ4n) is 6.38. The molecule has 0 aliphatic heterocycles. The number of hydrogen-bond acceptors (Lipinski definition) is 0. The van der Waals surface area contributed by atoms with Crippen molar-refractivity contribution in [1.82, 2.24) is 0 Å². The normalized spacial score (nSPS) is 30.7. The fraction of sp³-hybridized carbons (Fsp3) is 0.786. The van der Waals surface area contributed by atoms with E-state index in [1.807, 2.05) is 0 Å². The molecule has 3 rings (SSSR count). The molecule has 0 aromatic heterocycles. The summed E-state index contributed by atoms with van der Waals surface area (Å²) in [4.78, 5) is 0. The van der Waals surface area contributed by atoms with E-state index in [4.69, 9.17) is 0 Å². The first kappa shape index (κ1) is 21.9. The lowest BCUT2D eigenvalue weighted by molar-refractivity contribution is 0.118. The molecule has 0 spiro atoms. The van der Waals surface area contributed by atoms with Gasteiger partial charge in [-0.15, -0.1) is 0 Å². The summed E-state index contributed by atoms with van der Waals surface area (Å²) in [6, 6.07) is 9.48. The number of unbranched alkanes of at least 4 members (excludes halogenated alkanes) is 1. The Hall–Kier alpha value is -0.780. The van der Waals surface area contributed by atoms with E-state index in [0.29, 0.717) is 0 Å². The van der Waals surface area contributed by atoms with Gasteiger partial charge < -0.3 is 0 Å². The summed E-state index contributed by atoms with van der Waals surface area (Å²) in [5.74, 6) is 5.68. The minimum atomic E-state index is 0.733. The molecule has 0 radical (unpaired) electrons. The van der Waals surface area contributed by atoms with Gasteiger partial charge in [0.2, 0.25) is 0 Å². The Balaban J connectivity index is 1.44. The van der Waals surface area contributed by atoms with Crippen LogP contribution < -0.4 is 0 Å². The second-order valence-electron chi connectivity index (χ2n) is 10.3. The van der Waals surface area contributed by atoms with E-state index in [-0.39, 0.29) is 0 Å². The maximum atomic E-state index is 2.61. The molecule has 2 atom stereocenters. The highest BCUT2D eigenvalue weighted by Crippen LogP contribution is 2.45. The minimum Gasteiger partial charge on any atom is -0.0654 e. The third-order valence-electron chi connectivity index (χ3n) is 8.78. The van der Waals surface area contributed by atoms with Gasteiger partial charge in [-0.05, 0) is 91.6 Å². The van der Waals surface area contributed by atoms with Crippen LogP contribution in [0.2, 0.25) is 0 Å². The van der Waals surface area contributed by atoms with Gasteiger partial charge in [0.25, 0.3) is 0 Å². The van der Waals surface area contributed by atoms with Gasteiger partial charge in [-0.1, -0.05) is 84.1 Å². The van der Waals surface area contributed by atoms with Gasteiger partial charge in [-0.25, -0.2) is 0 Å². The number of rotatable bonds is 8. The molecule has 1 aromatic carbocycles. The second-order valence-corrected chi connectivity index (χ2v) is 10.3. The minimum absolute atomic E-state index is 0.733. The zero-order valence-corrected chi connectivity index (χ0v) is 19.3. The predicted molar refractivity (Wildman–Crippen MR) is 124 cm³/mol. The van der Waals surface area contributed by atoms with Crippen molar-refractivity contribution in [2.75, 3.05) is 0 Å². The lowest BCUT2D eigenvalue weighted by Crippen LogP contribution is -2.29. The Morgan fingerprint density at radius 1 is 0.750 bits per heavy atom. The van der Waals surface area contributed by atoms with Gasteiger partial charge in [0.1, 0.15) is 0 Å². The van der Waals surface area contributed by atoms with Crippen molar-refractivity contribution in [3.8, 4) is 0 Å². The highest BCUT2D eigenvalue weighted by atomic mass is 14.4. The smallest absolute Gasteiger partial charge is 0.0162 e. The second kappa shape index (κ2) is 10.8. The van der Waals surface area contributed by atoms with Gasteiger partial charge in [0, 0.05) is 0 Å². The van der Waals surface area contributed by atoms with Crippen LogP contribution in [-0.2, 0) is 6.42 Å².